The first kappa shape index (κ1) is 19.4. The summed E-state index contributed by atoms with van der Waals surface area (Å²) in [5.74, 6) is 1.28. The normalized spacial score (nSPS) is 52.3. The largest absolute Gasteiger partial charge is 0.462 e. The molecule has 0 aromatic heterocycles. The van der Waals surface area contributed by atoms with Gasteiger partial charge in [0.15, 0.2) is 0 Å². The molecule has 1 N–H and O–H groups in total. The van der Waals surface area contributed by atoms with Gasteiger partial charge in [-0.1, -0.05) is 26.0 Å². The summed E-state index contributed by atoms with van der Waals surface area (Å²) < 4.78 is 18.9. The van der Waals surface area contributed by atoms with Gasteiger partial charge in [0.2, 0.25) is 0 Å². The molecule has 3 saturated heterocycles. The molecule has 10 atom stereocenters. The quantitative estimate of drug-likeness (QED) is 0.561. The maximum absolute atomic E-state index is 11.9. The minimum Gasteiger partial charge on any atom is -0.462 e. The molecule has 3 heterocycles. The summed E-state index contributed by atoms with van der Waals surface area (Å²) >= 11 is 0. The molecule has 5 nitrogen and oxygen atoms in total. The molecule has 3 aliphatic heterocycles. The zero-order chi connectivity index (χ0) is 19.5. The van der Waals surface area contributed by atoms with Gasteiger partial charge in [-0.15, -0.1) is 0 Å². The molecule has 0 radical (unpaired) electrons. The van der Waals surface area contributed by atoms with Crippen LogP contribution in [-0.2, 0) is 19.0 Å². The highest BCUT2D eigenvalue weighted by atomic mass is 16.6. The van der Waals surface area contributed by atoms with Crippen molar-refractivity contribution >= 4 is 5.97 Å². The summed E-state index contributed by atoms with van der Waals surface area (Å²) in [6.45, 7) is 12.8. The average Bonchev–Trinajstić information content (AvgIpc) is 2.95. The summed E-state index contributed by atoms with van der Waals surface area (Å²) in [4.78, 5) is 11.9. The molecule has 5 heteroatoms. The van der Waals surface area contributed by atoms with E-state index in [2.05, 4.69) is 20.4 Å². The van der Waals surface area contributed by atoms with Crippen molar-refractivity contribution in [3.05, 3.63) is 12.2 Å². The Morgan fingerprint density at radius 3 is 2.74 bits per heavy atom. The Morgan fingerprint density at radius 2 is 2.04 bits per heavy atom. The summed E-state index contributed by atoms with van der Waals surface area (Å²) in [5.41, 5.74) is 0.374. The van der Waals surface area contributed by atoms with Crippen molar-refractivity contribution in [3.63, 3.8) is 0 Å². The van der Waals surface area contributed by atoms with E-state index in [1.54, 1.807) is 0 Å². The fourth-order valence-corrected chi connectivity index (χ4v) is 6.38. The van der Waals surface area contributed by atoms with E-state index < -0.39 is 11.7 Å². The molecule has 27 heavy (non-hydrogen) atoms. The third kappa shape index (κ3) is 3.06. The molecule has 2 bridgehead atoms. The van der Waals surface area contributed by atoms with Gasteiger partial charge in [-0.25, -0.2) is 0 Å². The zero-order valence-corrected chi connectivity index (χ0v) is 17.0. The van der Waals surface area contributed by atoms with E-state index in [0.717, 1.165) is 24.8 Å². The van der Waals surface area contributed by atoms with Crippen LogP contribution in [0.4, 0.5) is 0 Å². The van der Waals surface area contributed by atoms with Crippen molar-refractivity contribution in [1.29, 1.82) is 0 Å². The van der Waals surface area contributed by atoms with E-state index in [1.807, 2.05) is 6.92 Å². The van der Waals surface area contributed by atoms with Gasteiger partial charge in [0.05, 0.1) is 24.9 Å². The van der Waals surface area contributed by atoms with Crippen LogP contribution in [0.15, 0.2) is 12.2 Å². The van der Waals surface area contributed by atoms with Gasteiger partial charge in [-0.2, -0.15) is 0 Å². The number of esters is 1. The lowest BCUT2D eigenvalue weighted by molar-refractivity contribution is -0.184. The lowest BCUT2D eigenvalue weighted by Gasteiger charge is -2.47. The molecular formula is C22H34O5. The Balaban J connectivity index is 1.81. The van der Waals surface area contributed by atoms with E-state index in [1.165, 1.54) is 6.92 Å². The second-order valence-corrected chi connectivity index (χ2v) is 9.68. The SMILES string of the molecule is C=C1CC[C@H](O)[C@@]2(C)OC[C@@H](C)[C@H]3C[C@H](C)[C@H](OC(C)=O)[C@@H]4C(C1)O[C@@H]2[C@H]34. The molecule has 0 amide bonds. The third-order valence-electron chi connectivity index (χ3n) is 7.80. The number of rotatable bonds is 1. The van der Waals surface area contributed by atoms with E-state index in [9.17, 15) is 9.90 Å². The van der Waals surface area contributed by atoms with Crippen LogP contribution in [-0.4, -0.2) is 47.7 Å². The number of aliphatic hydroxyl groups is 1. The first-order chi connectivity index (χ1) is 12.7. The van der Waals surface area contributed by atoms with Crippen molar-refractivity contribution in [2.75, 3.05) is 6.61 Å². The van der Waals surface area contributed by atoms with Crippen LogP contribution in [0.5, 0.6) is 0 Å². The minimum atomic E-state index is -0.730. The summed E-state index contributed by atoms with van der Waals surface area (Å²) in [6.07, 6.45) is 2.27. The Morgan fingerprint density at radius 1 is 1.30 bits per heavy atom. The summed E-state index contributed by atoms with van der Waals surface area (Å²) in [5, 5.41) is 11.1. The second kappa shape index (κ2) is 6.85. The van der Waals surface area contributed by atoms with Crippen molar-refractivity contribution in [2.24, 2.45) is 29.6 Å². The van der Waals surface area contributed by atoms with Crippen molar-refractivity contribution < 1.29 is 24.1 Å². The lowest BCUT2D eigenvalue weighted by Crippen LogP contribution is -2.56. The van der Waals surface area contributed by atoms with E-state index in [0.29, 0.717) is 24.9 Å². The number of carbonyl (C=O) groups is 1. The molecular weight excluding hydrogens is 344 g/mol. The number of hydrogen-bond acceptors (Lipinski definition) is 5. The highest BCUT2D eigenvalue weighted by Crippen LogP contribution is 2.57. The van der Waals surface area contributed by atoms with Crippen molar-refractivity contribution in [2.45, 2.75) is 83.4 Å². The van der Waals surface area contributed by atoms with Crippen LogP contribution in [0.25, 0.3) is 0 Å². The molecule has 1 saturated carbocycles. The van der Waals surface area contributed by atoms with Gasteiger partial charge in [0.25, 0.3) is 0 Å². The van der Waals surface area contributed by atoms with Crippen molar-refractivity contribution in [1.82, 2.24) is 0 Å². The van der Waals surface area contributed by atoms with Gasteiger partial charge < -0.3 is 19.3 Å². The standard InChI is InChI=1S/C22H34O5/c1-11-6-7-17(24)22(5)21-18-15(13(3)10-25-22)9-12(2)20(26-14(4)23)19(18)16(8-11)27-21/h12-13,15-21,24H,1,6-10H2,2-5H3/t12-,13+,15+,16?,17-,18+,19+,20-,21+,22+/m0/s1. The molecule has 4 aliphatic rings. The fraction of sp³-hybridized carbons (Fsp3) is 0.864. The Kier molecular flexibility index (Phi) is 4.93. The van der Waals surface area contributed by atoms with Gasteiger partial charge in [0.1, 0.15) is 11.7 Å². The number of hydrogen-bond donors (Lipinski definition) is 1. The van der Waals surface area contributed by atoms with Crippen LogP contribution >= 0.6 is 0 Å². The Labute approximate surface area is 162 Å². The average molecular weight is 379 g/mol. The first-order valence-electron chi connectivity index (χ1n) is 10.5. The van der Waals surface area contributed by atoms with E-state index >= 15 is 0 Å². The summed E-state index contributed by atoms with van der Waals surface area (Å²) in [7, 11) is 0. The van der Waals surface area contributed by atoms with Gasteiger partial charge in [-0.05, 0) is 50.4 Å². The zero-order valence-electron chi connectivity index (χ0n) is 17.0. The third-order valence-corrected chi connectivity index (χ3v) is 7.80. The number of carbonyl (C=O) groups excluding carboxylic acids is 1. The molecule has 4 rings (SSSR count). The van der Waals surface area contributed by atoms with Crippen LogP contribution in [0.3, 0.4) is 0 Å². The summed E-state index contributed by atoms with van der Waals surface area (Å²) in [6, 6.07) is 0. The molecule has 0 aromatic rings. The smallest absolute Gasteiger partial charge is 0.302 e. The van der Waals surface area contributed by atoms with Crippen LogP contribution < -0.4 is 0 Å². The molecule has 4 fully saturated rings. The monoisotopic (exact) mass is 378 g/mol. The molecule has 0 aromatic carbocycles. The second-order valence-electron chi connectivity index (χ2n) is 9.68. The van der Waals surface area contributed by atoms with Gasteiger partial charge in [-0.3, -0.25) is 4.79 Å². The minimum absolute atomic E-state index is 0.0272. The predicted molar refractivity (Wildman–Crippen MR) is 101 cm³/mol. The van der Waals surface area contributed by atoms with Crippen LogP contribution in [0.2, 0.25) is 0 Å². The van der Waals surface area contributed by atoms with Crippen LogP contribution in [0, 0.1) is 29.6 Å². The Hall–Kier alpha value is -0.910. The molecule has 152 valence electrons. The molecule has 1 aliphatic carbocycles. The van der Waals surface area contributed by atoms with Crippen molar-refractivity contribution in [3.8, 4) is 0 Å². The predicted octanol–water partition coefficient (Wildman–Crippen LogP) is 3.10. The molecule has 1 unspecified atom stereocenters. The van der Waals surface area contributed by atoms with E-state index in [-0.39, 0.29) is 42.0 Å². The van der Waals surface area contributed by atoms with Gasteiger partial charge in [0, 0.05) is 18.8 Å². The van der Waals surface area contributed by atoms with Crippen LogP contribution in [0.1, 0.15) is 53.4 Å². The number of fused-ring (bicyclic) bond motifs is 2. The Bertz CT molecular complexity index is 618. The van der Waals surface area contributed by atoms with E-state index in [4.69, 9.17) is 14.2 Å². The fourth-order valence-electron chi connectivity index (χ4n) is 6.38. The topological polar surface area (TPSA) is 65.0 Å². The molecule has 0 spiro atoms. The number of aliphatic hydroxyl groups excluding tert-OH is 1. The highest BCUT2D eigenvalue weighted by Gasteiger charge is 2.64. The maximum Gasteiger partial charge on any atom is 0.302 e. The lowest BCUT2D eigenvalue weighted by atomic mass is 9.59. The van der Waals surface area contributed by atoms with Gasteiger partial charge >= 0.3 is 5.97 Å². The first-order valence-corrected chi connectivity index (χ1v) is 10.5. The maximum atomic E-state index is 11.9. The highest BCUT2D eigenvalue weighted by molar-refractivity contribution is 5.66. The number of ether oxygens (including phenoxy) is 3.